The molecule has 0 saturated carbocycles. The first-order valence-corrected chi connectivity index (χ1v) is 6.44. The lowest BCUT2D eigenvalue weighted by atomic mass is 10.2. The van der Waals surface area contributed by atoms with Gasteiger partial charge < -0.3 is 20.1 Å². The Hall–Kier alpha value is -1.66. The van der Waals surface area contributed by atoms with Crippen molar-refractivity contribution >= 4 is 5.91 Å². The number of methoxy groups -OCH3 is 1. The SMILES string of the molecule is CNCc1cc(F)ccc1OC(C)C(=O)NCCOC. The van der Waals surface area contributed by atoms with Gasteiger partial charge in [-0.3, -0.25) is 4.79 Å². The highest BCUT2D eigenvalue weighted by Crippen LogP contribution is 2.21. The number of hydrogen-bond acceptors (Lipinski definition) is 4. The van der Waals surface area contributed by atoms with E-state index in [-0.39, 0.29) is 11.7 Å². The lowest BCUT2D eigenvalue weighted by Crippen LogP contribution is -2.38. The van der Waals surface area contributed by atoms with Gasteiger partial charge in [-0.05, 0) is 32.2 Å². The minimum Gasteiger partial charge on any atom is -0.481 e. The number of halogens is 1. The third-order valence-corrected chi connectivity index (χ3v) is 2.67. The van der Waals surface area contributed by atoms with Crippen LogP contribution in [0.1, 0.15) is 12.5 Å². The van der Waals surface area contributed by atoms with Crippen LogP contribution in [0.25, 0.3) is 0 Å². The Morgan fingerprint density at radius 3 is 2.85 bits per heavy atom. The fraction of sp³-hybridized carbons (Fsp3) is 0.500. The van der Waals surface area contributed by atoms with Crippen molar-refractivity contribution in [2.75, 3.05) is 27.3 Å². The summed E-state index contributed by atoms with van der Waals surface area (Å²) in [4.78, 5) is 11.8. The molecule has 5 nitrogen and oxygen atoms in total. The number of benzene rings is 1. The molecular formula is C14H21FN2O3. The summed E-state index contributed by atoms with van der Waals surface area (Å²) in [6, 6.07) is 4.23. The summed E-state index contributed by atoms with van der Waals surface area (Å²) < 4.78 is 23.6. The lowest BCUT2D eigenvalue weighted by Gasteiger charge is -2.17. The summed E-state index contributed by atoms with van der Waals surface area (Å²) in [5.74, 6) is -0.0725. The maximum atomic E-state index is 13.2. The van der Waals surface area contributed by atoms with Gasteiger partial charge in [0, 0.05) is 25.8 Å². The zero-order valence-corrected chi connectivity index (χ0v) is 12.0. The van der Waals surface area contributed by atoms with Gasteiger partial charge in [-0.25, -0.2) is 4.39 Å². The molecule has 0 aliphatic rings. The first-order valence-electron chi connectivity index (χ1n) is 6.44. The number of carbonyl (C=O) groups excluding carboxylic acids is 1. The standard InChI is InChI=1S/C14H21FN2O3/c1-10(14(18)17-6-7-19-3)20-13-5-4-12(15)8-11(13)9-16-2/h4-5,8,10,16H,6-7,9H2,1-3H3,(H,17,18). The molecule has 1 atom stereocenters. The lowest BCUT2D eigenvalue weighted by molar-refractivity contribution is -0.127. The fourth-order valence-electron chi connectivity index (χ4n) is 1.66. The van der Waals surface area contributed by atoms with Gasteiger partial charge in [0.05, 0.1) is 6.61 Å². The molecular weight excluding hydrogens is 263 g/mol. The maximum Gasteiger partial charge on any atom is 0.260 e. The molecule has 0 saturated heterocycles. The van der Waals surface area contributed by atoms with Crippen molar-refractivity contribution in [3.8, 4) is 5.75 Å². The van der Waals surface area contributed by atoms with Crippen LogP contribution in [-0.4, -0.2) is 39.3 Å². The third kappa shape index (κ3) is 5.14. The summed E-state index contributed by atoms with van der Waals surface area (Å²) in [6.07, 6.45) is -0.659. The second-order valence-electron chi connectivity index (χ2n) is 4.33. The van der Waals surface area contributed by atoms with Crippen molar-refractivity contribution in [2.45, 2.75) is 19.6 Å². The highest BCUT2D eigenvalue weighted by Gasteiger charge is 2.16. The molecule has 0 spiro atoms. The van der Waals surface area contributed by atoms with Crippen LogP contribution in [0.5, 0.6) is 5.75 Å². The van der Waals surface area contributed by atoms with Gasteiger partial charge in [-0.2, -0.15) is 0 Å². The molecule has 0 aliphatic heterocycles. The first kappa shape index (κ1) is 16.4. The average Bonchev–Trinajstić information content (AvgIpc) is 2.42. The Labute approximate surface area is 118 Å². The monoisotopic (exact) mass is 284 g/mol. The fourth-order valence-corrected chi connectivity index (χ4v) is 1.66. The Kier molecular flexibility index (Phi) is 6.97. The average molecular weight is 284 g/mol. The predicted octanol–water partition coefficient (Wildman–Crippen LogP) is 1.07. The van der Waals surface area contributed by atoms with E-state index in [1.807, 2.05) is 0 Å². The van der Waals surface area contributed by atoms with Crippen LogP contribution in [0.4, 0.5) is 4.39 Å². The molecule has 20 heavy (non-hydrogen) atoms. The van der Waals surface area contributed by atoms with E-state index < -0.39 is 6.10 Å². The van der Waals surface area contributed by atoms with Gasteiger partial charge in [0.1, 0.15) is 11.6 Å². The topological polar surface area (TPSA) is 59.6 Å². The maximum absolute atomic E-state index is 13.2. The zero-order chi connectivity index (χ0) is 15.0. The molecule has 1 unspecified atom stereocenters. The largest absolute Gasteiger partial charge is 0.481 e. The molecule has 0 heterocycles. The number of nitrogens with one attached hydrogen (secondary N) is 2. The van der Waals surface area contributed by atoms with Gasteiger partial charge in [-0.15, -0.1) is 0 Å². The number of carbonyl (C=O) groups is 1. The molecule has 1 aromatic carbocycles. The van der Waals surface area contributed by atoms with Crippen LogP contribution < -0.4 is 15.4 Å². The highest BCUT2D eigenvalue weighted by molar-refractivity contribution is 5.80. The van der Waals surface area contributed by atoms with Crippen LogP contribution in [0.3, 0.4) is 0 Å². The Morgan fingerprint density at radius 2 is 2.20 bits per heavy atom. The van der Waals surface area contributed by atoms with Crippen molar-refractivity contribution < 1.29 is 18.7 Å². The summed E-state index contributed by atoms with van der Waals surface area (Å²) in [7, 11) is 3.32. The molecule has 1 amide bonds. The number of hydrogen-bond donors (Lipinski definition) is 2. The molecule has 0 aliphatic carbocycles. The van der Waals surface area contributed by atoms with Crippen molar-refractivity contribution in [2.24, 2.45) is 0 Å². The minimum atomic E-state index is -0.659. The van der Waals surface area contributed by atoms with Crippen molar-refractivity contribution in [1.82, 2.24) is 10.6 Å². The second kappa shape index (κ2) is 8.50. The smallest absolute Gasteiger partial charge is 0.260 e. The molecule has 1 rings (SSSR count). The van der Waals surface area contributed by atoms with E-state index in [1.54, 1.807) is 21.1 Å². The van der Waals surface area contributed by atoms with E-state index in [2.05, 4.69) is 10.6 Å². The third-order valence-electron chi connectivity index (χ3n) is 2.67. The van der Waals surface area contributed by atoms with E-state index in [0.717, 1.165) is 0 Å². The number of rotatable bonds is 8. The summed E-state index contributed by atoms with van der Waals surface area (Å²) in [5, 5.41) is 5.62. The van der Waals surface area contributed by atoms with E-state index >= 15 is 0 Å². The Balaban J connectivity index is 2.64. The van der Waals surface area contributed by atoms with Crippen LogP contribution in [0.2, 0.25) is 0 Å². The molecule has 2 N–H and O–H groups in total. The summed E-state index contributed by atoms with van der Waals surface area (Å²) in [6.45, 7) is 2.98. The highest BCUT2D eigenvalue weighted by atomic mass is 19.1. The molecule has 1 aromatic rings. The molecule has 0 fully saturated rings. The van der Waals surface area contributed by atoms with Gasteiger partial charge in [0.2, 0.25) is 0 Å². The van der Waals surface area contributed by atoms with E-state index in [0.29, 0.717) is 31.0 Å². The van der Waals surface area contributed by atoms with Crippen molar-refractivity contribution in [1.29, 1.82) is 0 Å². The Morgan fingerprint density at radius 1 is 1.45 bits per heavy atom. The van der Waals surface area contributed by atoms with Crippen LogP contribution in [0.15, 0.2) is 18.2 Å². The van der Waals surface area contributed by atoms with Crippen molar-refractivity contribution in [3.63, 3.8) is 0 Å². The van der Waals surface area contributed by atoms with Gasteiger partial charge >= 0.3 is 0 Å². The van der Waals surface area contributed by atoms with Crippen molar-refractivity contribution in [3.05, 3.63) is 29.6 Å². The van der Waals surface area contributed by atoms with E-state index in [1.165, 1.54) is 18.2 Å². The first-order chi connectivity index (χ1) is 9.58. The molecule has 6 heteroatoms. The quantitative estimate of drug-likeness (QED) is 0.701. The second-order valence-corrected chi connectivity index (χ2v) is 4.33. The van der Waals surface area contributed by atoms with Crippen LogP contribution >= 0.6 is 0 Å². The summed E-state index contributed by atoms with van der Waals surface area (Å²) >= 11 is 0. The molecule has 0 radical (unpaired) electrons. The normalized spacial score (nSPS) is 12.0. The van der Waals surface area contributed by atoms with Crippen LogP contribution in [-0.2, 0) is 16.1 Å². The van der Waals surface area contributed by atoms with Gasteiger partial charge in [0.15, 0.2) is 6.10 Å². The Bertz CT molecular complexity index is 440. The van der Waals surface area contributed by atoms with E-state index in [4.69, 9.17) is 9.47 Å². The minimum absolute atomic E-state index is 0.234. The van der Waals surface area contributed by atoms with Gasteiger partial charge in [0.25, 0.3) is 5.91 Å². The molecule has 0 aromatic heterocycles. The molecule has 0 bridgehead atoms. The number of amides is 1. The van der Waals surface area contributed by atoms with Gasteiger partial charge in [-0.1, -0.05) is 0 Å². The molecule has 112 valence electrons. The number of ether oxygens (including phenoxy) is 2. The van der Waals surface area contributed by atoms with Crippen LogP contribution in [0, 0.1) is 5.82 Å². The summed E-state index contributed by atoms with van der Waals surface area (Å²) in [5.41, 5.74) is 0.670. The predicted molar refractivity (Wildman–Crippen MR) is 74.1 cm³/mol. The zero-order valence-electron chi connectivity index (χ0n) is 12.0. The van der Waals surface area contributed by atoms with E-state index in [9.17, 15) is 9.18 Å².